The van der Waals surface area contributed by atoms with Crippen LogP contribution in [-0.2, 0) is 4.79 Å². The van der Waals surface area contributed by atoms with E-state index >= 15 is 0 Å². The summed E-state index contributed by atoms with van der Waals surface area (Å²) in [5.74, 6) is -0.329. The number of piperidine rings is 1. The molecule has 6 nitrogen and oxygen atoms in total. The number of rotatable bonds is 3. The van der Waals surface area contributed by atoms with Crippen LogP contribution in [0.2, 0.25) is 0 Å². The van der Waals surface area contributed by atoms with Crippen molar-refractivity contribution >= 4 is 11.7 Å². The molecule has 1 aliphatic rings. The molecule has 0 aromatic carbocycles. The lowest BCUT2D eigenvalue weighted by Crippen LogP contribution is -2.42. The Labute approximate surface area is 128 Å². The molecule has 114 valence electrons. The molecule has 3 rings (SSSR count). The first-order valence-electron chi connectivity index (χ1n) is 7.35. The molecule has 0 unspecified atom stereocenters. The molecular weight excluding hydrogens is 282 g/mol. The summed E-state index contributed by atoms with van der Waals surface area (Å²) in [6.45, 7) is 2.37. The first-order chi connectivity index (χ1) is 10.7. The first-order valence-corrected chi connectivity index (χ1v) is 7.35. The summed E-state index contributed by atoms with van der Waals surface area (Å²) in [5.41, 5.74) is 1.03. The minimum atomic E-state index is -0.528. The molecule has 0 saturated carbocycles. The van der Waals surface area contributed by atoms with Crippen molar-refractivity contribution in [1.82, 2.24) is 15.0 Å². The van der Waals surface area contributed by atoms with Crippen LogP contribution in [0.5, 0.6) is 0 Å². The predicted molar refractivity (Wildman–Crippen MR) is 78.1 cm³/mol. The van der Waals surface area contributed by atoms with Gasteiger partial charge in [0.25, 0.3) is 11.7 Å². The standard InChI is InChI=1S/C16H17N3O3/c1-11-9-13(18-22-11)14-6-2-3-8-19(14)16(21)15(20)12-5-4-7-17-10-12/h4-5,7,9-10,14H,2-3,6,8H2,1H3/t14-/m0/s1. The van der Waals surface area contributed by atoms with Gasteiger partial charge in [-0.1, -0.05) is 5.16 Å². The van der Waals surface area contributed by atoms with E-state index in [2.05, 4.69) is 10.1 Å². The first kappa shape index (κ1) is 14.4. The molecule has 0 radical (unpaired) electrons. The number of amides is 1. The SMILES string of the molecule is Cc1cc([C@@H]2CCCCN2C(=O)C(=O)c2cccnc2)no1. The Morgan fingerprint density at radius 3 is 2.91 bits per heavy atom. The monoisotopic (exact) mass is 299 g/mol. The van der Waals surface area contributed by atoms with E-state index in [1.807, 2.05) is 13.0 Å². The number of carbonyl (C=O) groups excluding carboxylic acids is 2. The average Bonchev–Trinajstić information content (AvgIpc) is 3.00. The van der Waals surface area contributed by atoms with Crippen molar-refractivity contribution in [3.63, 3.8) is 0 Å². The Kier molecular flexibility index (Phi) is 4.00. The van der Waals surface area contributed by atoms with Crippen LogP contribution in [0.4, 0.5) is 0 Å². The molecule has 6 heteroatoms. The molecule has 0 spiro atoms. The Balaban J connectivity index is 1.84. The summed E-state index contributed by atoms with van der Waals surface area (Å²) in [7, 11) is 0. The molecule has 0 N–H and O–H groups in total. The molecule has 0 bridgehead atoms. The van der Waals surface area contributed by atoms with Crippen LogP contribution in [0.1, 0.15) is 47.1 Å². The summed E-state index contributed by atoms with van der Waals surface area (Å²) in [6.07, 6.45) is 5.67. The Bertz CT molecular complexity index is 681. The van der Waals surface area contributed by atoms with Crippen molar-refractivity contribution in [2.24, 2.45) is 0 Å². The number of carbonyl (C=O) groups is 2. The summed E-state index contributed by atoms with van der Waals surface area (Å²) in [6, 6.07) is 4.88. The third-order valence-electron chi connectivity index (χ3n) is 3.87. The highest BCUT2D eigenvalue weighted by atomic mass is 16.5. The quantitative estimate of drug-likeness (QED) is 0.642. The lowest BCUT2D eigenvalue weighted by Gasteiger charge is -2.33. The van der Waals surface area contributed by atoms with Crippen LogP contribution in [-0.4, -0.2) is 33.3 Å². The van der Waals surface area contributed by atoms with Gasteiger partial charge in [0.2, 0.25) is 0 Å². The number of likely N-dealkylation sites (tertiary alicyclic amines) is 1. The van der Waals surface area contributed by atoms with Gasteiger partial charge in [0.05, 0.1) is 6.04 Å². The van der Waals surface area contributed by atoms with E-state index < -0.39 is 11.7 Å². The normalized spacial score (nSPS) is 18.2. The maximum atomic E-state index is 12.6. The van der Waals surface area contributed by atoms with Crippen LogP contribution < -0.4 is 0 Å². The summed E-state index contributed by atoms with van der Waals surface area (Å²) < 4.78 is 5.11. The molecule has 1 amide bonds. The maximum Gasteiger partial charge on any atom is 0.295 e. The minimum absolute atomic E-state index is 0.195. The molecule has 2 aromatic rings. The zero-order chi connectivity index (χ0) is 15.5. The van der Waals surface area contributed by atoms with E-state index in [4.69, 9.17) is 4.52 Å². The fourth-order valence-electron chi connectivity index (χ4n) is 2.78. The summed E-state index contributed by atoms with van der Waals surface area (Å²) >= 11 is 0. The van der Waals surface area contributed by atoms with Crippen LogP contribution in [0.15, 0.2) is 35.1 Å². The Hall–Kier alpha value is -2.50. The van der Waals surface area contributed by atoms with E-state index in [0.717, 1.165) is 19.3 Å². The average molecular weight is 299 g/mol. The molecule has 1 aliphatic heterocycles. The number of aryl methyl sites for hydroxylation is 1. The van der Waals surface area contributed by atoms with Gasteiger partial charge >= 0.3 is 0 Å². The number of nitrogens with zero attached hydrogens (tertiary/aromatic N) is 3. The second-order valence-corrected chi connectivity index (χ2v) is 5.44. The van der Waals surface area contributed by atoms with Gasteiger partial charge in [-0.25, -0.2) is 0 Å². The number of Topliss-reactive ketones (excluding diaryl/α,β-unsaturated/α-hetero) is 1. The fraction of sp³-hybridized carbons (Fsp3) is 0.375. The third-order valence-corrected chi connectivity index (χ3v) is 3.87. The van der Waals surface area contributed by atoms with E-state index in [0.29, 0.717) is 23.6 Å². The number of ketones is 1. The number of aromatic nitrogens is 2. The van der Waals surface area contributed by atoms with E-state index in [9.17, 15) is 9.59 Å². The van der Waals surface area contributed by atoms with Crippen molar-refractivity contribution in [2.45, 2.75) is 32.2 Å². The topological polar surface area (TPSA) is 76.3 Å². The van der Waals surface area contributed by atoms with Crippen molar-refractivity contribution in [3.8, 4) is 0 Å². The van der Waals surface area contributed by atoms with Crippen LogP contribution >= 0.6 is 0 Å². The summed E-state index contributed by atoms with van der Waals surface area (Å²) in [4.78, 5) is 30.4. The van der Waals surface area contributed by atoms with Crippen molar-refractivity contribution in [3.05, 3.63) is 47.6 Å². The lowest BCUT2D eigenvalue weighted by atomic mass is 9.98. The smallest absolute Gasteiger partial charge is 0.295 e. The molecule has 0 aliphatic carbocycles. The highest BCUT2D eigenvalue weighted by molar-refractivity contribution is 6.42. The lowest BCUT2D eigenvalue weighted by molar-refractivity contribution is -0.130. The van der Waals surface area contributed by atoms with Crippen LogP contribution in [0, 0.1) is 6.92 Å². The highest BCUT2D eigenvalue weighted by Gasteiger charge is 2.33. The molecular formula is C16H17N3O3. The maximum absolute atomic E-state index is 12.6. The van der Waals surface area contributed by atoms with Crippen molar-refractivity contribution < 1.29 is 14.1 Å². The van der Waals surface area contributed by atoms with Crippen molar-refractivity contribution in [2.75, 3.05) is 6.54 Å². The van der Waals surface area contributed by atoms with E-state index in [1.54, 1.807) is 23.2 Å². The molecule has 1 atom stereocenters. The molecule has 3 heterocycles. The molecule has 22 heavy (non-hydrogen) atoms. The Morgan fingerprint density at radius 2 is 2.23 bits per heavy atom. The van der Waals surface area contributed by atoms with Gasteiger partial charge in [-0.2, -0.15) is 0 Å². The highest BCUT2D eigenvalue weighted by Crippen LogP contribution is 2.31. The second-order valence-electron chi connectivity index (χ2n) is 5.44. The van der Waals surface area contributed by atoms with Crippen LogP contribution in [0.3, 0.4) is 0 Å². The largest absolute Gasteiger partial charge is 0.361 e. The number of hydrogen-bond donors (Lipinski definition) is 0. The van der Waals surface area contributed by atoms with Gasteiger partial charge in [0.1, 0.15) is 11.5 Å². The van der Waals surface area contributed by atoms with Crippen LogP contribution in [0.25, 0.3) is 0 Å². The van der Waals surface area contributed by atoms with Gasteiger partial charge in [0.15, 0.2) is 0 Å². The zero-order valence-electron chi connectivity index (χ0n) is 12.4. The van der Waals surface area contributed by atoms with Gasteiger partial charge in [-0.15, -0.1) is 0 Å². The van der Waals surface area contributed by atoms with Gasteiger partial charge < -0.3 is 9.42 Å². The number of hydrogen-bond acceptors (Lipinski definition) is 5. The van der Waals surface area contributed by atoms with Gasteiger partial charge in [-0.05, 0) is 38.3 Å². The zero-order valence-corrected chi connectivity index (χ0v) is 12.4. The van der Waals surface area contributed by atoms with Gasteiger partial charge in [0, 0.05) is 30.6 Å². The van der Waals surface area contributed by atoms with E-state index in [-0.39, 0.29) is 6.04 Å². The fourth-order valence-corrected chi connectivity index (χ4v) is 2.78. The molecule has 1 saturated heterocycles. The molecule has 2 aromatic heterocycles. The molecule has 1 fully saturated rings. The second kappa shape index (κ2) is 6.09. The Morgan fingerprint density at radius 1 is 1.36 bits per heavy atom. The summed E-state index contributed by atoms with van der Waals surface area (Å²) in [5, 5.41) is 4.01. The predicted octanol–water partition coefficient (Wildman–Crippen LogP) is 2.31. The van der Waals surface area contributed by atoms with E-state index in [1.165, 1.54) is 6.20 Å². The van der Waals surface area contributed by atoms with Crippen molar-refractivity contribution in [1.29, 1.82) is 0 Å². The van der Waals surface area contributed by atoms with Gasteiger partial charge in [-0.3, -0.25) is 14.6 Å². The minimum Gasteiger partial charge on any atom is -0.361 e. The number of pyridine rings is 1. The third kappa shape index (κ3) is 2.77.